The molecule has 0 heterocycles. The van der Waals surface area contributed by atoms with Crippen LogP contribution in [0.2, 0.25) is 0 Å². The fourth-order valence-electron chi connectivity index (χ4n) is 2.03. The summed E-state index contributed by atoms with van der Waals surface area (Å²) in [6.45, 7) is 0. The number of hydrogen-bond donors (Lipinski definition) is 0. The summed E-state index contributed by atoms with van der Waals surface area (Å²) in [7, 11) is -7.36. The van der Waals surface area contributed by atoms with Gasteiger partial charge in [0.05, 0.1) is 29.4 Å². The first-order chi connectivity index (χ1) is 12.3. The van der Waals surface area contributed by atoms with Gasteiger partial charge < -0.3 is 0 Å². The van der Waals surface area contributed by atoms with Gasteiger partial charge in [0, 0.05) is 24.6 Å². The Morgan fingerprint density at radius 3 is 1.33 bits per heavy atom. The molecule has 0 amide bonds. The maximum absolute atomic E-state index is 11.6. The number of rotatable bonds is 6. The minimum absolute atomic E-state index is 0.0254. The van der Waals surface area contributed by atoms with Gasteiger partial charge in [0.1, 0.15) is 0 Å². The topological polar surface area (TPSA) is 155 Å². The third-order valence-electron chi connectivity index (χ3n) is 3.33. The number of hydrogen-bond acceptors (Lipinski definition) is 9. The molecule has 2 aromatic carbocycles. The van der Waals surface area contributed by atoms with Gasteiger partial charge in [0.15, 0.2) is 19.7 Å². The molecule has 10 nitrogen and oxygen atoms in total. The van der Waals surface area contributed by atoms with Crippen molar-refractivity contribution in [2.24, 2.45) is 0 Å². The second kappa shape index (κ2) is 7.25. The highest BCUT2D eigenvalue weighted by atomic mass is 32.2. The van der Waals surface area contributed by atoms with E-state index in [0.29, 0.717) is 11.8 Å². The Bertz CT molecular complexity index is 1070. The smallest absolute Gasteiger partial charge is 0.258 e. The van der Waals surface area contributed by atoms with Crippen LogP contribution in [0, 0.1) is 20.2 Å². The van der Waals surface area contributed by atoms with E-state index in [9.17, 15) is 37.1 Å². The first-order valence-corrected chi connectivity index (χ1v) is 11.6. The van der Waals surface area contributed by atoms with Crippen molar-refractivity contribution in [3.05, 3.63) is 56.6 Å². The molecule has 27 heavy (non-hydrogen) atoms. The van der Waals surface area contributed by atoms with Crippen LogP contribution in [0.15, 0.2) is 56.0 Å². The Hall–Kier alpha value is -2.51. The fourth-order valence-corrected chi connectivity index (χ4v) is 4.30. The van der Waals surface area contributed by atoms with E-state index in [1.54, 1.807) is 0 Å². The molecular weight excluding hydrogens is 420 g/mol. The Labute approximate surface area is 158 Å². The molecule has 0 fully saturated rings. The summed E-state index contributed by atoms with van der Waals surface area (Å²) in [6, 6.07) is 6.40. The molecule has 13 heteroatoms. The van der Waals surface area contributed by atoms with Gasteiger partial charge in [0.2, 0.25) is 0 Å². The maximum atomic E-state index is 11.6. The van der Waals surface area contributed by atoms with Gasteiger partial charge in [-0.2, -0.15) is 0 Å². The minimum Gasteiger partial charge on any atom is -0.258 e. The standard InChI is InChI=1S/C14H12N2O8S3/c1-26(21,22)9-3-5-13(11(7-9)15(17)18)25-14-6-4-10(27(2,23)24)8-12(14)16(19)20/h3-8H,1-2H3. The van der Waals surface area contributed by atoms with E-state index in [4.69, 9.17) is 0 Å². The molecular formula is C14H12N2O8S3. The summed E-state index contributed by atoms with van der Waals surface area (Å²) in [6.07, 6.45) is 1.79. The average molecular weight is 432 g/mol. The second-order valence-corrected chi connectivity index (χ2v) is 10.5. The Balaban J connectivity index is 2.60. The lowest BCUT2D eigenvalue weighted by Crippen LogP contribution is -2.01. The predicted molar refractivity (Wildman–Crippen MR) is 96.5 cm³/mol. The highest BCUT2D eigenvalue weighted by molar-refractivity contribution is 7.99. The molecule has 0 saturated heterocycles. The van der Waals surface area contributed by atoms with Crippen LogP contribution in [-0.4, -0.2) is 39.2 Å². The summed E-state index contributed by atoms with van der Waals surface area (Å²) in [5, 5.41) is 22.6. The fraction of sp³-hybridized carbons (Fsp3) is 0.143. The third-order valence-corrected chi connectivity index (χ3v) is 6.68. The van der Waals surface area contributed by atoms with Gasteiger partial charge in [-0.05, 0) is 24.3 Å². The first-order valence-electron chi connectivity index (χ1n) is 6.95. The predicted octanol–water partition coefficient (Wildman–Crippen LogP) is 2.46. The molecule has 0 radical (unpaired) electrons. The molecule has 144 valence electrons. The van der Waals surface area contributed by atoms with Crippen molar-refractivity contribution in [3.63, 3.8) is 0 Å². The zero-order valence-electron chi connectivity index (χ0n) is 13.8. The van der Waals surface area contributed by atoms with E-state index in [1.807, 2.05) is 0 Å². The van der Waals surface area contributed by atoms with Crippen molar-refractivity contribution in [1.29, 1.82) is 0 Å². The summed E-state index contributed by atoms with van der Waals surface area (Å²) < 4.78 is 46.3. The molecule has 0 aromatic heterocycles. The van der Waals surface area contributed by atoms with Crippen molar-refractivity contribution < 1.29 is 26.7 Å². The summed E-state index contributed by atoms with van der Waals surface area (Å²) in [5.41, 5.74) is -1.08. The Kier molecular flexibility index (Phi) is 5.58. The molecule has 2 rings (SSSR count). The zero-order chi connectivity index (χ0) is 20.6. The quantitative estimate of drug-likeness (QED) is 0.494. The van der Waals surface area contributed by atoms with Crippen LogP contribution in [0.25, 0.3) is 0 Å². The van der Waals surface area contributed by atoms with Gasteiger partial charge in [-0.15, -0.1) is 0 Å². The molecule has 0 bridgehead atoms. The van der Waals surface area contributed by atoms with E-state index < -0.39 is 40.9 Å². The third kappa shape index (κ3) is 4.81. The van der Waals surface area contributed by atoms with E-state index in [-0.39, 0.29) is 19.6 Å². The van der Waals surface area contributed by atoms with Gasteiger partial charge in [0.25, 0.3) is 11.4 Å². The van der Waals surface area contributed by atoms with Gasteiger partial charge in [-0.25, -0.2) is 16.8 Å². The number of nitro groups is 2. The monoisotopic (exact) mass is 432 g/mol. The van der Waals surface area contributed by atoms with Crippen LogP contribution in [0.4, 0.5) is 11.4 Å². The molecule has 0 aliphatic rings. The van der Waals surface area contributed by atoms with Gasteiger partial charge in [-0.1, -0.05) is 11.8 Å². The van der Waals surface area contributed by atoms with Crippen LogP contribution < -0.4 is 0 Å². The van der Waals surface area contributed by atoms with Crippen LogP contribution in [0.5, 0.6) is 0 Å². The molecule has 0 spiro atoms. The van der Waals surface area contributed by atoms with E-state index in [0.717, 1.165) is 36.8 Å². The normalized spacial score (nSPS) is 11.9. The number of benzene rings is 2. The van der Waals surface area contributed by atoms with Crippen LogP contribution in [0.3, 0.4) is 0 Å². The van der Waals surface area contributed by atoms with Crippen LogP contribution >= 0.6 is 11.8 Å². The average Bonchev–Trinajstić information content (AvgIpc) is 2.53. The number of sulfone groups is 2. The minimum atomic E-state index is -3.68. The van der Waals surface area contributed by atoms with Gasteiger partial charge in [-0.3, -0.25) is 20.2 Å². The Morgan fingerprint density at radius 2 is 1.07 bits per heavy atom. The van der Waals surface area contributed by atoms with Crippen molar-refractivity contribution in [2.45, 2.75) is 19.6 Å². The molecule has 0 aliphatic heterocycles. The lowest BCUT2D eigenvalue weighted by Gasteiger charge is -2.07. The molecule has 2 aromatic rings. The molecule has 0 atom stereocenters. The molecule has 0 saturated carbocycles. The molecule has 0 N–H and O–H groups in total. The highest BCUT2D eigenvalue weighted by Gasteiger charge is 2.24. The van der Waals surface area contributed by atoms with Crippen molar-refractivity contribution in [1.82, 2.24) is 0 Å². The van der Waals surface area contributed by atoms with E-state index in [2.05, 4.69) is 0 Å². The molecule has 0 unspecified atom stereocenters. The van der Waals surface area contributed by atoms with Gasteiger partial charge >= 0.3 is 0 Å². The van der Waals surface area contributed by atoms with Crippen molar-refractivity contribution in [3.8, 4) is 0 Å². The second-order valence-electron chi connectivity index (χ2n) is 5.42. The van der Waals surface area contributed by atoms with Crippen LogP contribution in [0.1, 0.15) is 0 Å². The highest BCUT2D eigenvalue weighted by Crippen LogP contribution is 2.40. The largest absolute Gasteiger partial charge is 0.284 e. The van der Waals surface area contributed by atoms with E-state index in [1.165, 1.54) is 12.1 Å². The lowest BCUT2D eigenvalue weighted by atomic mass is 10.3. The van der Waals surface area contributed by atoms with Crippen molar-refractivity contribution >= 4 is 42.8 Å². The zero-order valence-corrected chi connectivity index (χ0v) is 16.3. The molecule has 0 aliphatic carbocycles. The summed E-state index contributed by atoms with van der Waals surface area (Å²) >= 11 is 0.663. The Morgan fingerprint density at radius 1 is 0.741 bits per heavy atom. The van der Waals surface area contributed by atoms with E-state index >= 15 is 0 Å². The number of nitrogens with zero attached hydrogens (tertiary/aromatic N) is 2. The maximum Gasteiger partial charge on any atom is 0.284 e. The first kappa shape index (κ1) is 20.8. The number of nitro benzene ring substituents is 2. The summed E-state index contributed by atoms with van der Waals surface area (Å²) in [4.78, 5) is 20.4. The van der Waals surface area contributed by atoms with Crippen LogP contribution in [-0.2, 0) is 19.7 Å². The summed E-state index contributed by atoms with van der Waals surface area (Å²) in [5.74, 6) is 0. The SMILES string of the molecule is CS(=O)(=O)c1ccc(Sc2ccc(S(C)(=O)=O)cc2[N+](=O)[O-])c([N+](=O)[O-])c1. The van der Waals surface area contributed by atoms with Crippen molar-refractivity contribution in [2.75, 3.05) is 12.5 Å². The lowest BCUT2D eigenvalue weighted by molar-refractivity contribution is -0.388.